The van der Waals surface area contributed by atoms with Gasteiger partial charge in [0.25, 0.3) is 0 Å². The number of carbonyl (C=O) groups excluding carboxylic acids is 1. The molecule has 2 rings (SSSR count). The molecule has 0 aliphatic rings. The second kappa shape index (κ2) is 4.31. The van der Waals surface area contributed by atoms with Crippen LogP contribution in [0.1, 0.15) is 25.6 Å². The molecule has 1 aromatic heterocycles. The summed E-state index contributed by atoms with van der Waals surface area (Å²) < 4.78 is 5.08. The molecule has 0 saturated heterocycles. The van der Waals surface area contributed by atoms with Crippen LogP contribution in [0.5, 0.6) is 0 Å². The van der Waals surface area contributed by atoms with Gasteiger partial charge in [-0.3, -0.25) is 9.78 Å². The van der Waals surface area contributed by atoms with Crippen molar-refractivity contribution in [3.63, 3.8) is 0 Å². The molecule has 3 heteroatoms. The van der Waals surface area contributed by atoms with Crippen LogP contribution in [-0.2, 0) is 9.53 Å². The molecule has 3 nitrogen and oxygen atoms in total. The SMILES string of the molecule is CC(=O)O[C@@H](C)c1cc2ccccc2cn1. The number of rotatable bonds is 2. The molecule has 0 radical (unpaired) electrons. The quantitative estimate of drug-likeness (QED) is 0.723. The fraction of sp³-hybridized carbons (Fsp3) is 0.231. The maximum atomic E-state index is 10.8. The summed E-state index contributed by atoms with van der Waals surface area (Å²) in [6.07, 6.45) is 1.49. The smallest absolute Gasteiger partial charge is 0.303 e. The van der Waals surface area contributed by atoms with E-state index in [1.807, 2.05) is 37.3 Å². The fourth-order valence-electron chi connectivity index (χ4n) is 1.63. The second-order valence-corrected chi connectivity index (χ2v) is 3.71. The highest BCUT2D eigenvalue weighted by Crippen LogP contribution is 2.19. The first-order valence-corrected chi connectivity index (χ1v) is 5.19. The third-order valence-electron chi connectivity index (χ3n) is 2.41. The number of esters is 1. The third-order valence-corrected chi connectivity index (χ3v) is 2.41. The minimum Gasteiger partial charge on any atom is -0.456 e. The number of aromatic nitrogens is 1. The summed E-state index contributed by atoms with van der Waals surface area (Å²) >= 11 is 0. The Morgan fingerprint density at radius 2 is 2.00 bits per heavy atom. The summed E-state index contributed by atoms with van der Waals surface area (Å²) in [5.74, 6) is -0.289. The zero-order chi connectivity index (χ0) is 11.5. The fourth-order valence-corrected chi connectivity index (χ4v) is 1.63. The first-order chi connectivity index (χ1) is 7.66. The second-order valence-electron chi connectivity index (χ2n) is 3.71. The lowest BCUT2D eigenvalue weighted by atomic mass is 10.1. The number of hydrogen-bond donors (Lipinski definition) is 0. The summed E-state index contributed by atoms with van der Waals surface area (Å²) in [6, 6.07) is 9.91. The lowest BCUT2D eigenvalue weighted by Gasteiger charge is -2.11. The molecule has 82 valence electrons. The number of carbonyl (C=O) groups is 1. The summed E-state index contributed by atoms with van der Waals surface area (Å²) in [6.45, 7) is 3.22. The van der Waals surface area contributed by atoms with Crippen LogP contribution in [0.25, 0.3) is 10.8 Å². The van der Waals surface area contributed by atoms with Gasteiger partial charge >= 0.3 is 5.97 Å². The first kappa shape index (κ1) is 10.6. The van der Waals surface area contributed by atoms with E-state index in [9.17, 15) is 4.79 Å². The van der Waals surface area contributed by atoms with Gasteiger partial charge in [0.05, 0.1) is 5.69 Å². The van der Waals surface area contributed by atoms with E-state index in [-0.39, 0.29) is 12.1 Å². The van der Waals surface area contributed by atoms with Crippen molar-refractivity contribution in [2.45, 2.75) is 20.0 Å². The summed E-state index contributed by atoms with van der Waals surface area (Å²) in [4.78, 5) is 15.1. The normalized spacial score (nSPS) is 12.4. The number of pyridine rings is 1. The van der Waals surface area contributed by atoms with Crippen LogP contribution in [0.15, 0.2) is 36.5 Å². The molecule has 0 unspecified atom stereocenters. The maximum absolute atomic E-state index is 10.8. The number of benzene rings is 1. The zero-order valence-corrected chi connectivity index (χ0v) is 9.31. The van der Waals surface area contributed by atoms with Crippen molar-refractivity contribution < 1.29 is 9.53 Å². The van der Waals surface area contributed by atoms with E-state index in [2.05, 4.69) is 4.98 Å². The van der Waals surface area contributed by atoms with Gasteiger partial charge in [-0.2, -0.15) is 0 Å². The van der Waals surface area contributed by atoms with Crippen molar-refractivity contribution in [2.24, 2.45) is 0 Å². The highest BCUT2D eigenvalue weighted by atomic mass is 16.5. The third kappa shape index (κ3) is 2.19. The molecular weight excluding hydrogens is 202 g/mol. The summed E-state index contributed by atoms with van der Waals surface area (Å²) in [5, 5.41) is 2.19. The van der Waals surface area contributed by atoms with E-state index in [1.54, 1.807) is 6.20 Å². The molecule has 0 aliphatic carbocycles. The van der Waals surface area contributed by atoms with Crippen LogP contribution >= 0.6 is 0 Å². The molecule has 0 bridgehead atoms. The standard InChI is InChI=1S/C13H13NO2/c1-9(16-10(2)15)13-7-11-5-3-4-6-12(11)8-14-13/h3-9H,1-2H3/t9-/m0/s1. The zero-order valence-electron chi connectivity index (χ0n) is 9.31. The van der Waals surface area contributed by atoms with Crippen LogP contribution in [0.3, 0.4) is 0 Å². The van der Waals surface area contributed by atoms with Crippen LogP contribution in [0, 0.1) is 0 Å². The van der Waals surface area contributed by atoms with Gasteiger partial charge in [-0.1, -0.05) is 24.3 Å². The van der Waals surface area contributed by atoms with Gasteiger partial charge in [0, 0.05) is 18.5 Å². The van der Waals surface area contributed by atoms with Gasteiger partial charge < -0.3 is 4.74 Å². The summed E-state index contributed by atoms with van der Waals surface area (Å²) in [5.41, 5.74) is 0.772. The Morgan fingerprint density at radius 1 is 1.31 bits per heavy atom. The Hall–Kier alpha value is -1.90. The largest absolute Gasteiger partial charge is 0.456 e. The van der Waals surface area contributed by atoms with Crippen LogP contribution in [0.4, 0.5) is 0 Å². The molecule has 0 amide bonds. The molecular formula is C13H13NO2. The van der Waals surface area contributed by atoms with Gasteiger partial charge in [0.15, 0.2) is 0 Å². The molecule has 2 aromatic rings. The van der Waals surface area contributed by atoms with Crippen LogP contribution in [0.2, 0.25) is 0 Å². The van der Waals surface area contributed by atoms with Crippen molar-refractivity contribution in [3.05, 3.63) is 42.2 Å². The monoisotopic (exact) mass is 215 g/mol. The van der Waals surface area contributed by atoms with Crippen molar-refractivity contribution in [1.29, 1.82) is 0 Å². The van der Waals surface area contributed by atoms with Gasteiger partial charge in [-0.05, 0) is 18.4 Å². The summed E-state index contributed by atoms with van der Waals surface area (Å²) in [7, 11) is 0. The molecule has 16 heavy (non-hydrogen) atoms. The maximum Gasteiger partial charge on any atom is 0.303 e. The topological polar surface area (TPSA) is 39.2 Å². The van der Waals surface area contributed by atoms with Gasteiger partial charge in [-0.15, -0.1) is 0 Å². The van der Waals surface area contributed by atoms with E-state index in [0.29, 0.717) is 0 Å². The predicted molar refractivity (Wildman–Crippen MR) is 61.9 cm³/mol. The van der Waals surface area contributed by atoms with E-state index < -0.39 is 0 Å². The van der Waals surface area contributed by atoms with Gasteiger partial charge in [0.2, 0.25) is 0 Å². The highest BCUT2D eigenvalue weighted by molar-refractivity contribution is 5.81. The van der Waals surface area contributed by atoms with Crippen molar-refractivity contribution in [3.8, 4) is 0 Å². The first-order valence-electron chi connectivity index (χ1n) is 5.19. The average molecular weight is 215 g/mol. The van der Waals surface area contributed by atoms with Crippen molar-refractivity contribution >= 4 is 16.7 Å². The lowest BCUT2D eigenvalue weighted by molar-refractivity contribution is -0.145. The molecule has 0 saturated carbocycles. The average Bonchev–Trinajstić information content (AvgIpc) is 2.27. The van der Waals surface area contributed by atoms with Crippen molar-refractivity contribution in [1.82, 2.24) is 4.98 Å². The Balaban J connectivity index is 2.35. The van der Waals surface area contributed by atoms with E-state index >= 15 is 0 Å². The Morgan fingerprint density at radius 3 is 2.69 bits per heavy atom. The Kier molecular flexibility index (Phi) is 2.86. The van der Waals surface area contributed by atoms with Gasteiger partial charge in [0.1, 0.15) is 6.10 Å². The number of nitrogens with zero attached hydrogens (tertiary/aromatic N) is 1. The highest BCUT2D eigenvalue weighted by Gasteiger charge is 2.10. The van der Waals surface area contributed by atoms with Gasteiger partial charge in [-0.25, -0.2) is 0 Å². The van der Waals surface area contributed by atoms with E-state index in [0.717, 1.165) is 16.5 Å². The number of fused-ring (bicyclic) bond motifs is 1. The lowest BCUT2D eigenvalue weighted by Crippen LogP contribution is -2.06. The molecule has 0 aliphatic heterocycles. The molecule has 1 aromatic carbocycles. The molecule has 0 fully saturated rings. The molecule has 0 spiro atoms. The molecule has 0 N–H and O–H groups in total. The Bertz CT molecular complexity index is 522. The number of hydrogen-bond acceptors (Lipinski definition) is 3. The van der Waals surface area contributed by atoms with E-state index in [4.69, 9.17) is 4.74 Å². The van der Waals surface area contributed by atoms with Crippen LogP contribution in [-0.4, -0.2) is 11.0 Å². The molecule has 1 atom stereocenters. The minimum atomic E-state index is -0.304. The van der Waals surface area contributed by atoms with E-state index in [1.165, 1.54) is 6.92 Å². The Labute approximate surface area is 94.1 Å². The number of ether oxygens (including phenoxy) is 1. The van der Waals surface area contributed by atoms with Crippen LogP contribution < -0.4 is 0 Å². The van der Waals surface area contributed by atoms with Crippen molar-refractivity contribution in [2.75, 3.05) is 0 Å². The molecule has 1 heterocycles. The predicted octanol–water partition coefficient (Wildman–Crippen LogP) is 2.86. The minimum absolute atomic E-state index is 0.289.